The zero-order valence-electron chi connectivity index (χ0n) is 14.1. The monoisotopic (exact) mass is 361 g/mol. The summed E-state index contributed by atoms with van der Waals surface area (Å²) in [6.45, 7) is 2.41. The third-order valence-corrected chi connectivity index (χ3v) is 5.25. The van der Waals surface area contributed by atoms with E-state index < -0.39 is 0 Å². The molecule has 0 atom stereocenters. The van der Waals surface area contributed by atoms with Crippen molar-refractivity contribution < 1.29 is 14.3 Å². The van der Waals surface area contributed by atoms with Gasteiger partial charge in [-0.05, 0) is 25.0 Å². The van der Waals surface area contributed by atoms with E-state index in [0.29, 0.717) is 39.0 Å². The lowest BCUT2D eigenvalue weighted by atomic mass is 9.96. The van der Waals surface area contributed by atoms with Gasteiger partial charge in [0.1, 0.15) is 5.75 Å². The van der Waals surface area contributed by atoms with Crippen LogP contribution in [0.15, 0.2) is 35.3 Å². The Morgan fingerprint density at radius 3 is 2.68 bits per heavy atom. The van der Waals surface area contributed by atoms with Gasteiger partial charge in [0, 0.05) is 24.8 Å². The molecule has 2 aliphatic rings. The summed E-state index contributed by atoms with van der Waals surface area (Å²) in [5.74, 6) is 1.80. The first-order chi connectivity index (χ1) is 12.2. The molecule has 1 aromatic rings. The third kappa shape index (κ3) is 5.22. The van der Waals surface area contributed by atoms with Crippen LogP contribution >= 0.6 is 11.8 Å². The molecule has 2 amide bonds. The summed E-state index contributed by atoms with van der Waals surface area (Å²) in [7, 11) is 0. The Morgan fingerprint density at radius 1 is 1.24 bits per heavy atom. The second-order valence-corrected chi connectivity index (χ2v) is 7.17. The van der Waals surface area contributed by atoms with Crippen molar-refractivity contribution >= 4 is 28.7 Å². The minimum Gasteiger partial charge on any atom is -0.493 e. The van der Waals surface area contributed by atoms with Crippen molar-refractivity contribution in [2.75, 3.05) is 32.0 Å². The Labute approximate surface area is 152 Å². The number of likely N-dealkylation sites (tertiary alicyclic amines) is 1. The first kappa shape index (κ1) is 17.8. The maximum Gasteiger partial charge on any atom is 0.229 e. The minimum absolute atomic E-state index is 0.0338. The smallest absolute Gasteiger partial charge is 0.229 e. The lowest BCUT2D eigenvalue weighted by molar-refractivity contribution is -0.135. The number of nitrogens with one attached hydrogen (secondary N) is 1. The van der Waals surface area contributed by atoms with Gasteiger partial charge in [-0.15, -0.1) is 0 Å². The molecule has 6 nitrogen and oxygen atoms in total. The lowest BCUT2D eigenvalue weighted by Gasteiger charge is -2.31. The SMILES string of the molecule is O=C(NC1=NCCS1)C1CCN(C(=O)CCOc2ccccc2)CC1. The van der Waals surface area contributed by atoms with Crippen LogP contribution in [-0.2, 0) is 9.59 Å². The van der Waals surface area contributed by atoms with E-state index in [1.807, 2.05) is 35.2 Å². The van der Waals surface area contributed by atoms with Gasteiger partial charge in [0.2, 0.25) is 11.8 Å². The zero-order valence-corrected chi connectivity index (χ0v) is 15.0. The van der Waals surface area contributed by atoms with E-state index in [-0.39, 0.29) is 17.7 Å². The molecule has 2 heterocycles. The van der Waals surface area contributed by atoms with Gasteiger partial charge in [-0.1, -0.05) is 30.0 Å². The Morgan fingerprint density at radius 2 is 2.00 bits per heavy atom. The number of carbonyl (C=O) groups is 2. The summed E-state index contributed by atoms with van der Waals surface area (Å²) < 4.78 is 5.57. The average Bonchev–Trinajstić information content (AvgIpc) is 3.15. The number of carbonyl (C=O) groups excluding carboxylic acids is 2. The van der Waals surface area contributed by atoms with Gasteiger partial charge in [-0.25, -0.2) is 0 Å². The van der Waals surface area contributed by atoms with Crippen LogP contribution in [0.2, 0.25) is 0 Å². The van der Waals surface area contributed by atoms with Gasteiger partial charge in [-0.2, -0.15) is 0 Å². The van der Waals surface area contributed by atoms with E-state index in [0.717, 1.165) is 23.2 Å². The average molecular weight is 361 g/mol. The maximum atomic E-state index is 12.3. The number of amides is 2. The first-order valence-corrected chi connectivity index (χ1v) is 9.64. The molecule has 0 spiro atoms. The highest BCUT2D eigenvalue weighted by Gasteiger charge is 2.28. The molecule has 0 unspecified atom stereocenters. The van der Waals surface area contributed by atoms with Gasteiger partial charge >= 0.3 is 0 Å². The van der Waals surface area contributed by atoms with Gasteiger partial charge in [0.05, 0.1) is 19.6 Å². The van der Waals surface area contributed by atoms with Crippen molar-refractivity contribution in [1.82, 2.24) is 10.2 Å². The number of para-hydroxylation sites is 1. The lowest BCUT2D eigenvalue weighted by Crippen LogP contribution is -2.44. The van der Waals surface area contributed by atoms with Crippen molar-refractivity contribution in [2.24, 2.45) is 10.9 Å². The molecule has 1 aromatic carbocycles. The number of hydrogen-bond donors (Lipinski definition) is 1. The number of benzene rings is 1. The fraction of sp³-hybridized carbons (Fsp3) is 0.500. The largest absolute Gasteiger partial charge is 0.493 e. The van der Waals surface area contributed by atoms with Gasteiger partial charge < -0.3 is 15.0 Å². The fourth-order valence-corrected chi connectivity index (χ4v) is 3.67. The first-order valence-electron chi connectivity index (χ1n) is 8.66. The number of rotatable bonds is 5. The number of piperidine rings is 1. The Balaban J connectivity index is 1.36. The number of aliphatic imine (C=N–C) groups is 1. The van der Waals surface area contributed by atoms with E-state index >= 15 is 0 Å². The van der Waals surface area contributed by atoms with Crippen molar-refractivity contribution in [3.05, 3.63) is 30.3 Å². The predicted octanol–water partition coefficient (Wildman–Crippen LogP) is 1.91. The highest BCUT2D eigenvalue weighted by atomic mass is 32.2. The maximum absolute atomic E-state index is 12.3. The third-order valence-electron chi connectivity index (χ3n) is 4.36. The van der Waals surface area contributed by atoms with Crippen LogP contribution in [0.5, 0.6) is 5.75 Å². The Kier molecular flexibility index (Phi) is 6.33. The topological polar surface area (TPSA) is 71.0 Å². The second kappa shape index (κ2) is 8.89. The van der Waals surface area contributed by atoms with Crippen molar-refractivity contribution in [2.45, 2.75) is 19.3 Å². The standard InChI is InChI=1S/C18H23N3O3S/c22-16(8-12-24-15-4-2-1-3-5-15)21-10-6-14(7-11-21)17(23)20-18-19-9-13-25-18/h1-5,14H,6-13H2,(H,19,20,23). The second-order valence-electron chi connectivity index (χ2n) is 6.09. The van der Waals surface area contributed by atoms with Crippen LogP contribution in [0, 0.1) is 5.92 Å². The molecular formula is C18H23N3O3S. The molecule has 1 saturated heterocycles. The summed E-state index contributed by atoms with van der Waals surface area (Å²) in [5, 5.41) is 3.63. The summed E-state index contributed by atoms with van der Waals surface area (Å²) >= 11 is 1.59. The van der Waals surface area contributed by atoms with Crippen LogP contribution in [0.1, 0.15) is 19.3 Å². The minimum atomic E-state index is -0.0338. The summed E-state index contributed by atoms with van der Waals surface area (Å²) in [4.78, 5) is 30.6. The number of nitrogens with zero attached hydrogens (tertiary/aromatic N) is 2. The molecule has 1 fully saturated rings. The van der Waals surface area contributed by atoms with Crippen molar-refractivity contribution in [3.8, 4) is 5.75 Å². The Bertz CT molecular complexity index is 628. The van der Waals surface area contributed by atoms with Gasteiger partial charge in [0.15, 0.2) is 5.17 Å². The van der Waals surface area contributed by atoms with E-state index in [4.69, 9.17) is 4.74 Å². The number of hydrogen-bond acceptors (Lipinski definition) is 5. The van der Waals surface area contributed by atoms with Crippen molar-refractivity contribution in [3.63, 3.8) is 0 Å². The zero-order chi connectivity index (χ0) is 17.5. The molecule has 2 aliphatic heterocycles. The molecule has 7 heteroatoms. The molecule has 25 heavy (non-hydrogen) atoms. The molecule has 0 saturated carbocycles. The van der Waals surface area contributed by atoms with Crippen LogP contribution in [-0.4, -0.2) is 53.9 Å². The molecule has 0 bridgehead atoms. The molecule has 0 aromatic heterocycles. The van der Waals surface area contributed by atoms with Gasteiger partial charge in [0.25, 0.3) is 0 Å². The molecule has 1 N–H and O–H groups in total. The normalized spacial score (nSPS) is 17.9. The Hall–Kier alpha value is -2.02. The van der Waals surface area contributed by atoms with E-state index in [1.54, 1.807) is 11.8 Å². The molecular weight excluding hydrogens is 338 g/mol. The highest BCUT2D eigenvalue weighted by molar-refractivity contribution is 8.14. The highest BCUT2D eigenvalue weighted by Crippen LogP contribution is 2.19. The van der Waals surface area contributed by atoms with E-state index in [2.05, 4.69) is 10.3 Å². The fourth-order valence-electron chi connectivity index (χ4n) is 2.94. The number of thioether (sulfide) groups is 1. The summed E-state index contributed by atoms with van der Waals surface area (Å²) in [6, 6.07) is 9.49. The summed E-state index contributed by atoms with van der Waals surface area (Å²) in [6.07, 6.45) is 1.77. The summed E-state index contributed by atoms with van der Waals surface area (Å²) in [5.41, 5.74) is 0. The molecule has 0 radical (unpaired) electrons. The van der Waals surface area contributed by atoms with Gasteiger partial charge in [-0.3, -0.25) is 14.6 Å². The number of amidine groups is 1. The molecule has 0 aliphatic carbocycles. The van der Waals surface area contributed by atoms with Crippen LogP contribution in [0.4, 0.5) is 0 Å². The van der Waals surface area contributed by atoms with Crippen LogP contribution in [0.25, 0.3) is 0 Å². The number of ether oxygens (including phenoxy) is 1. The van der Waals surface area contributed by atoms with Crippen LogP contribution in [0.3, 0.4) is 0 Å². The van der Waals surface area contributed by atoms with Crippen LogP contribution < -0.4 is 10.1 Å². The molecule has 134 valence electrons. The van der Waals surface area contributed by atoms with E-state index in [1.165, 1.54) is 0 Å². The molecule has 3 rings (SSSR count). The quantitative estimate of drug-likeness (QED) is 0.870. The predicted molar refractivity (Wildman–Crippen MR) is 98.8 cm³/mol. The van der Waals surface area contributed by atoms with E-state index in [9.17, 15) is 9.59 Å². The van der Waals surface area contributed by atoms with Crippen molar-refractivity contribution in [1.29, 1.82) is 0 Å².